The summed E-state index contributed by atoms with van der Waals surface area (Å²) in [5.74, 6) is 2.00. The van der Waals surface area contributed by atoms with Crippen molar-refractivity contribution < 1.29 is 9.47 Å². The SMILES string of the molecule is CCCOc1ccnc(NCCOc2ccccc2)n1. The Balaban J connectivity index is 1.73. The van der Waals surface area contributed by atoms with Gasteiger partial charge in [0.05, 0.1) is 13.2 Å². The first-order chi connectivity index (χ1) is 9.88. The van der Waals surface area contributed by atoms with Crippen LogP contribution in [-0.4, -0.2) is 29.7 Å². The van der Waals surface area contributed by atoms with Crippen LogP contribution in [0, 0.1) is 0 Å². The first kappa shape index (κ1) is 14.1. The molecule has 1 aromatic heterocycles. The highest BCUT2D eigenvalue weighted by atomic mass is 16.5. The molecule has 0 radical (unpaired) electrons. The molecule has 106 valence electrons. The maximum absolute atomic E-state index is 5.57. The summed E-state index contributed by atoms with van der Waals surface area (Å²) >= 11 is 0. The van der Waals surface area contributed by atoms with E-state index >= 15 is 0 Å². The molecule has 0 fully saturated rings. The number of benzene rings is 1. The fraction of sp³-hybridized carbons (Fsp3) is 0.333. The number of nitrogens with zero attached hydrogens (tertiary/aromatic N) is 2. The molecule has 0 aliphatic rings. The number of anilines is 1. The second-order valence-corrected chi connectivity index (χ2v) is 4.16. The van der Waals surface area contributed by atoms with Crippen LogP contribution < -0.4 is 14.8 Å². The lowest BCUT2D eigenvalue weighted by Gasteiger charge is -2.08. The molecule has 0 saturated carbocycles. The molecule has 0 spiro atoms. The molecule has 0 bridgehead atoms. The van der Waals surface area contributed by atoms with Crippen LogP contribution in [0.1, 0.15) is 13.3 Å². The lowest BCUT2D eigenvalue weighted by atomic mass is 10.3. The molecular weight excluding hydrogens is 254 g/mol. The molecule has 1 heterocycles. The molecule has 0 amide bonds. The van der Waals surface area contributed by atoms with Gasteiger partial charge in [0.25, 0.3) is 0 Å². The normalized spacial score (nSPS) is 10.1. The predicted octanol–water partition coefficient (Wildman–Crippen LogP) is 2.76. The van der Waals surface area contributed by atoms with Gasteiger partial charge < -0.3 is 14.8 Å². The molecule has 0 unspecified atom stereocenters. The van der Waals surface area contributed by atoms with Crippen molar-refractivity contribution in [2.24, 2.45) is 0 Å². The minimum absolute atomic E-state index is 0.549. The summed E-state index contributed by atoms with van der Waals surface area (Å²) < 4.78 is 11.0. The van der Waals surface area contributed by atoms with Crippen molar-refractivity contribution in [3.05, 3.63) is 42.6 Å². The van der Waals surface area contributed by atoms with E-state index in [9.17, 15) is 0 Å². The molecule has 5 nitrogen and oxygen atoms in total. The maximum Gasteiger partial charge on any atom is 0.226 e. The Morgan fingerprint density at radius 2 is 1.90 bits per heavy atom. The van der Waals surface area contributed by atoms with E-state index in [0.29, 0.717) is 31.6 Å². The fourth-order valence-corrected chi connectivity index (χ4v) is 1.56. The molecular formula is C15H19N3O2. The average molecular weight is 273 g/mol. The quantitative estimate of drug-likeness (QED) is 0.749. The zero-order chi connectivity index (χ0) is 14.0. The van der Waals surface area contributed by atoms with Crippen molar-refractivity contribution in [2.75, 3.05) is 25.1 Å². The molecule has 0 aliphatic carbocycles. The van der Waals surface area contributed by atoms with E-state index in [-0.39, 0.29) is 0 Å². The van der Waals surface area contributed by atoms with E-state index in [2.05, 4.69) is 22.2 Å². The summed E-state index contributed by atoms with van der Waals surface area (Å²) in [5, 5.41) is 3.10. The molecule has 2 rings (SSSR count). The van der Waals surface area contributed by atoms with Gasteiger partial charge in [-0.05, 0) is 18.6 Å². The second kappa shape index (κ2) is 7.99. The number of nitrogens with one attached hydrogen (secondary N) is 1. The Kier molecular flexibility index (Phi) is 5.64. The molecule has 0 aliphatic heterocycles. The lowest BCUT2D eigenvalue weighted by Crippen LogP contribution is -2.13. The summed E-state index contributed by atoms with van der Waals surface area (Å²) in [6, 6.07) is 11.5. The van der Waals surface area contributed by atoms with Gasteiger partial charge in [0.2, 0.25) is 11.8 Å². The van der Waals surface area contributed by atoms with Gasteiger partial charge in [0.15, 0.2) is 0 Å². The van der Waals surface area contributed by atoms with Crippen LogP contribution in [0.3, 0.4) is 0 Å². The van der Waals surface area contributed by atoms with Gasteiger partial charge in [-0.1, -0.05) is 25.1 Å². The smallest absolute Gasteiger partial charge is 0.226 e. The fourth-order valence-electron chi connectivity index (χ4n) is 1.56. The molecule has 0 atom stereocenters. The number of rotatable bonds is 8. The topological polar surface area (TPSA) is 56.3 Å². The molecule has 5 heteroatoms. The van der Waals surface area contributed by atoms with Gasteiger partial charge >= 0.3 is 0 Å². The van der Waals surface area contributed by atoms with E-state index < -0.39 is 0 Å². The van der Waals surface area contributed by atoms with Gasteiger partial charge in [-0.15, -0.1) is 0 Å². The van der Waals surface area contributed by atoms with Crippen LogP contribution in [0.25, 0.3) is 0 Å². The van der Waals surface area contributed by atoms with Crippen molar-refractivity contribution in [3.63, 3.8) is 0 Å². The number of hydrogen-bond donors (Lipinski definition) is 1. The Morgan fingerprint density at radius 3 is 2.70 bits per heavy atom. The van der Waals surface area contributed by atoms with Gasteiger partial charge in [0.1, 0.15) is 12.4 Å². The van der Waals surface area contributed by atoms with E-state index in [1.165, 1.54) is 0 Å². The van der Waals surface area contributed by atoms with Crippen LogP contribution >= 0.6 is 0 Å². The lowest BCUT2D eigenvalue weighted by molar-refractivity contribution is 0.305. The van der Waals surface area contributed by atoms with E-state index in [1.54, 1.807) is 12.3 Å². The average Bonchev–Trinajstić information content (AvgIpc) is 2.51. The van der Waals surface area contributed by atoms with Crippen LogP contribution in [0.2, 0.25) is 0 Å². The van der Waals surface area contributed by atoms with Crippen LogP contribution in [-0.2, 0) is 0 Å². The van der Waals surface area contributed by atoms with E-state index in [1.807, 2.05) is 30.3 Å². The highest BCUT2D eigenvalue weighted by molar-refractivity contribution is 5.27. The van der Waals surface area contributed by atoms with Gasteiger partial charge in [-0.2, -0.15) is 4.98 Å². The van der Waals surface area contributed by atoms with Crippen molar-refractivity contribution in [3.8, 4) is 11.6 Å². The van der Waals surface area contributed by atoms with Crippen molar-refractivity contribution in [1.82, 2.24) is 9.97 Å². The molecule has 2 aromatic rings. The third-order valence-electron chi connectivity index (χ3n) is 2.48. The Hall–Kier alpha value is -2.30. The van der Waals surface area contributed by atoms with Crippen LogP contribution in [0.5, 0.6) is 11.6 Å². The van der Waals surface area contributed by atoms with Gasteiger partial charge in [-0.25, -0.2) is 4.98 Å². The molecule has 1 aromatic carbocycles. The summed E-state index contributed by atoms with van der Waals surface area (Å²) in [5.41, 5.74) is 0. The van der Waals surface area contributed by atoms with E-state index in [0.717, 1.165) is 12.2 Å². The summed E-state index contributed by atoms with van der Waals surface area (Å²) in [4.78, 5) is 8.39. The van der Waals surface area contributed by atoms with Gasteiger partial charge in [-0.3, -0.25) is 0 Å². The molecule has 1 N–H and O–H groups in total. The van der Waals surface area contributed by atoms with Crippen molar-refractivity contribution >= 4 is 5.95 Å². The van der Waals surface area contributed by atoms with E-state index in [4.69, 9.17) is 9.47 Å². The zero-order valence-electron chi connectivity index (χ0n) is 11.6. The summed E-state index contributed by atoms with van der Waals surface area (Å²) in [6.45, 7) is 3.90. The summed E-state index contributed by atoms with van der Waals surface area (Å²) in [6.07, 6.45) is 2.63. The first-order valence-electron chi connectivity index (χ1n) is 6.76. The van der Waals surface area contributed by atoms with Crippen LogP contribution in [0.15, 0.2) is 42.6 Å². The van der Waals surface area contributed by atoms with Crippen molar-refractivity contribution in [1.29, 1.82) is 0 Å². The first-order valence-corrected chi connectivity index (χ1v) is 6.76. The minimum atomic E-state index is 0.549. The predicted molar refractivity (Wildman–Crippen MR) is 78.2 cm³/mol. The highest BCUT2D eigenvalue weighted by Gasteiger charge is 1.99. The summed E-state index contributed by atoms with van der Waals surface area (Å²) in [7, 11) is 0. The molecule has 0 saturated heterocycles. The van der Waals surface area contributed by atoms with Crippen molar-refractivity contribution in [2.45, 2.75) is 13.3 Å². The Bertz CT molecular complexity index is 505. The third kappa shape index (κ3) is 4.76. The highest BCUT2D eigenvalue weighted by Crippen LogP contribution is 2.09. The second-order valence-electron chi connectivity index (χ2n) is 4.16. The van der Waals surface area contributed by atoms with Gasteiger partial charge in [0, 0.05) is 12.3 Å². The minimum Gasteiger partial charge on any atom is -0.492 e. The zero-order valence-corrected chi connectivity index (χ0v) is 11.6. The molecule has 20 heavy (non-hydrogen) atoms. The number of ether oxygens (including phenoxy) is 2. The number of hydrogen-bond acceptors (Lipinski definition) is 5. The standard InChI is InChI=1S/C15H19N3O2/c1-2-11-20-14-8-9-16-15(18-14)17-10-12-19-13-6-4-3-5-7-13/h3-9H,2,10-12H2,1H3,(H,16,17,18). The monoisotopic (exact) mass is 273 g/mol. The Morgan fingerprint density at radius 1 is 1.05 bits per heavy atom. The third-order valence-corrected chi connectivity index (χ3v) is 2.48. The van der Waals surface area contributed by atoms with Crippen LogP contribution in [0.4, 0.5) is 5.95 Å². The Labute approximate surface area is 119 Å². The maximum atomic E-state index is 5.57. The largest absolute Gasteiger partial charge is 0.492 e. The number of para-hydroxylation sites is 1. The number of aromatic nitrogens is 2.